The van der Waals surface area contributed by atoms with E-state index in [0.29, 0.717) is 11.8 Å². The van der Waals surface area contributed by atoms with Crippen LogP contribution in [0.1, 0.15) is 120 Å². The minimum Gasteiger partial charge on any atom is -0.353 e. The Morgan fingerprint density at radius 1 is 0.412 bits per heavy atom. The van der Waals surface area contributed by atoms with Gasteiger partial charge in [0.1, 0.15) is 0 Å². The molecule has 4 heteroatoms. The Kier molecular flexibility index (Phi) is 12.9. The van der Waals surface area contributed by atoms with Gasteiger partial charge < -0.3 is 18.9 Å². The number of hydrogen-bond donors (Lipinski definition) is 0. The van der Waals surface area contributed by atoms with Crippen molar-refractivity contribution in [3.8, 4) is 0 Å². The molecule has 0 spiro atoms. The molecule has 0 amide bonds. The topological polar surface area (TPSA) is 36.9 Å². The molecule has 0 atom stereocenters. The lowest BCUT2D eigenvalue weighted by Gasteiger charge is -2.50. The van der Waals surface area contributed by atoms with Gasteiger partial charge in [-0.1, -0.05) is 67.2 Å². The van der Waals surface area contributed by atoms with Crippen LogP contribution in [0, 0.1) is 34.5 Å². The molecule has 6 rings (SSSR count). The van der Waals surface area contributed by atoms with E-state index in [1.165, 1.54) is 64.2 Å². The summed E-state index contributed by atoms with van der Waals surface area (Å²) in [5, 5.41) is 0. The fourth-order valence-corrected chi connectivity index (χ4v) is 5.38. The van der Waals surface area contributed by atoms with Crippen LogP contribution in [-0.2, 0) is 18.9 Å². The molecule has 0 N–H and O–H groups in total. The molecule has 0 aromatic heterocycles. The van der Waals surface area contributed by atoms with Crippen molar-refractivity contribution in [2.24, 2.45) is 34.5 Å². The molecule has 6 aliphatic rings. The Hall–Kier alpha value is -0.160. The summed E-state index contributed by atoms with van der Waals surface area (Å²) in [6.07, 6.45) is 15.0. The van der Waals surface area contributed by atoms with Crippen molar-refractivity contribution in [3.63, 3.8) is 0 Å². The lowest BCUT2D eigenvalue weighted by molar-refractivity contribution is -0.187. The highest BCUT2D eigenvalue weighted by Crippen LogP contribution is 2.56. The molecule has 4 aliphatic carbocycles. The highest BCUT2D eigenvalue weighted by Gasteiger charge is 2.42. The number of rotatable bonds is 0. The van der Waals surface area contributed by atoms with Gasteiger partial charge in [-0.15, -0.1) is 0 Å². The van der Waals surface area contributed by atoms with Gasteiger partial charge in [-0.2, -0.15) is 0 Å². The van der Waals surface area contributed by atoms with Gasteiger partial charge in [0.05, 0.1) is 26.4 Å². The van der Waals surface area contributed by atoms with E-state index in [2.05, 4.69) is 41.5 Å². The fourth-order valence-electron chi connectivity index (χ4n) is 5.38. The van der Waals surface area contributed by atoms with E-state index in [-0.39, 0.29) is 12.6 Å². The van der Waals surface area contributed by atoms with Gasteiger partial charge in [-0.25, -0.2) is 0 Å². The van der Waals surface area contributed by atoms with E-state index >= 15 is 0 Å². The normalized spacial score (nSPS) is 43.8. The molecule has 2 aliphatic heterocycles. The molecule has 2 saturated heterocycles. The Morgan fingerprint density at radius 2 is 0.647 bits per heavy atom. The average Bonchev–Trinajstić information content (AvgIpc) is 2.82. The molecule has 0 radical (unpaired) electrons. The number of fused-ring (bicyclic) bond motifs is 3. The first-order valence-electron chi connectivity index (χ1n) is 14.4. The molecular weight excluding hydrogens is 424 g/mol. The van der Waals surface area contributed by atoms with E-state index in [4.69, 9.17) is 18.9 Å². The Balaban J connectivity index is 0.000000161. The van der Waals surface area contributed by atoms with Crippen molar-refractivity contribution in [2.75, 3.05) is 26.4 Å². The minimum atomic E-state index is 0.0196. The smallest absolute Gasteiger partial charge is 0.154 e. The standard InChI is InChI=1S/C10H18.C8H16.2C6H12O2/c1-9-3-6-10(2,7-4-9)8-5-9;1-7-3-5-8(2)6-4-7;2*1-5-3-7-6(2)8-4-5/h3-8H2,1-2H3;7-8H,3-6H2,1-2H3;2*5-6H,3-4H2,1-2H3. The first-order valence-corrected chi connectivity index (χ1v) is 14.4. The van der Waals surface area contributed by atoms with Gasteiger partial charge in [0.15, 0.2) is 12.6 Å². The fraction of sp³-hybridized carbons (Fsp3) is 1.00. The maximum atomic E-state index is 5.17. The lowest BCUT2D eigenvalue weighted by Crippen LogP contribution is -2.37. The zero-order valence-electron chi connectivity index (χ0n) is 24.0. The molecule has 2 heterocycles. The number of ether oxygens (including phenoxy) is 4. The third kappa shape index (κ3) is 11.7. The summed E-state index contributed by atoms with van der Waals surface area (Å²) in [5.41, 5.74) is 1.52. The highest BCUT2D eigenvalue weighted by molar-refractivity contribution is 4.94. The summed E-state index contributed by atoms with van der Waals surface area (Å²) in [6, 6.07) is 0. The van der Waals surface area contributed by atoms with E-state index in [1.807, 2.05) is 13.8 Å². The van der Waals surface area contributed by atoms with Gasteiger partial charge in [-0.3, -0.25) is 0 Å². The SMILES string of the molecule is CC12CCC(C)(CC1)CC2.CC1CCC(C)CC1.CC1COC(C)OC1.CC1COC(C)OC1. The monoisotopic (exact) mass is 482 g/mol. The summed E-state index contributed by atoms with van der Waals surface area (Å²) in [7, 11) is 0. The summed E-state index contributed by atoms with van der Waals surface area (Å²) in [5.74, 6) is 3.19. The van der Waals surface area contributed by atoms with Gasteiger partial charge in [0.2, 0.25) is 0 Å². The van der Waals surface area contributed by atoms with Crippen molar-refractivity contribution < 1.29 is 18.9 Å². The molecule has 6 fully saturated rings. The second kappa shape index (κ2) is 14.5. The molecule has 34 heavy (non-hydrogen) atoms. The third-order valence-corrected chi connectivity index (χ3v) is 8.76. The van der Waals surface area contributed by atoms with Crippen LogP contribution in [0.5, 0.6) is 0 Å². The largest absolute Gasteiger partial charge is 0.353 e. The summed E-state index contributed by atoms with van der Waals surface area (Å²) in [4.78, 5) is 0. The third-order valence-electron chi connectivity index (χ3n) is 8.76. The maximum Gasteiger partial charge on any atom is 0.154 e. The Labute approximate surface area is 212 Å². The first kappa shape index (κ1) is 30.1. The van der Waals surface area contributed by atoms with Crippen molar-refractivity contribution in [1.29, 1.82) is 0 Å². The van der Waals surface area contributed by atoms with E-state index < -0.39 is 0 Å². The average molecular weight is 483 g/mol. The predicted molar refractivity (Wildman–Crippen MR) is 142 cm³/mol. The van der Waals surface area contributed by atoms with Crippen molar-refractivity contribution >= 4 is 0 Å². The summed E-state index contributed by atoms with van der Waals surface area (Å²) in [6.45, 7) is 21.2. The van der Waals surface area contributed by atoms with E-state index in [0.717, 1.165) is 49.1 Å². The maximum absolute atomic E-state index is 5.17. The molecule has 4 nitrogen and oxygen atoms in total. The minimum absolute atomic E-state index is 0.0196. The van der Waals surface area contributed by atoms with E-state index in [9.17, 15) is 0 Å². The van der Waals surface area contributed by atoms with Crippen LogP contribution in [-0.4, -0.2) is 39.0 Å². The van der Waals surface area contributed by atoms with Crippen LogP contribution < -0.4 is 0 Å². The van der Waals surface area contributed by atoms with Crippen LogP contribution in [0.15, 0.2) is 0 Å². The first-order chi connectivity index (χ1) is 16.0. The van der Waals surface area contributed by atoms with Gasteiger partial charge >= 0.3 is 0 Å². The second-order valence-corrected chi connectivity index (χ2v) is 13.2. The summed E-state index contributed by atoms with van der Waals surface area (Å²) < 4.78 is 20.7. The van der Waals surface area contributed by atoms with Gasteiger partial charge in [0.25, 0.3) is 0 Å². The Bertz CT molecular complexity index is 406. The zero-order valence-corrected chi connectivity index (χ0v) is 24.0. The van der Waals surface area contributed by atoms with Crippen molar-refractivity contribution in [2.45, 2.75) is 132 Å². The van der Waals surface area contributed by atoms with Gasteiger partial charge in [-0.05, 0) is 75.0 Å². The van der Waals surface area contributed by atoms with Crippen LogP contribution >= 0.6 is 0 Å². The van der Waals surface area contributed by atoms with Crippen LogP contribution in [0.3, 0.4) is 0 Å². The zero-order chi connectivity index (χ0) is 25.2. The van der Waals surface area contributed by atoms with Gasteiger partial charge in [0, 0.05) is 11.8 Å². The molecule has 2 bridgehead atoms. The number of hydrogen-bond acceptors (Lipinski definition) is 4. The Morgan fingerprint density at radius 3 is 0.853 bits per heavy atom. The molecule has 4 saturated carbocycles. The quantitative estimate of drug-likeness (QED) is 0.348. The summed E-state index contributed by atoms with van der Waals surface area (Å²) >= 11 is 0. The molecule has 0 unspecified atom stereocenters. The van der Waals surface area contributed by atoms with Crippen LogP contribution in [0.2, 0.25) is 0 Å². The predicted octanol–water partition coefficient (Wildman–Crippen LogP) is 8.23. The van der Waals surface area contributed by atoms with Crippen molar-refractivity contribution in [1.82, 2.24) is 0 Å². The van der Waals surface area contributed by atoms with Crippen LogP contribution in [0.4, 0.5) is 0 Å². The molecular formula is C30H58O4. The molecule has 0 aromatic rings. The highest BCUT2D eigenvalue weighted by atomic mass is 16.7. The second-order valence-electron chi connectivity index (χ2n) is 13.2. The molecule has 0 aromatic carbocycles. The van der Waals surface area contributed by atoms with Crippen LogP contribution in [0.25, 0.3) is 0 Å². The van der Waals surface area contributed by atoms with E-state index in [1.54, 1.807) is 0 Å². The van der Waals surface area contributed by atoms with Crippen molar-refractivity contribution in [3.05, 3.63) is 0 Å². The lowest BCUT2D eigenvalue weighted by atomic mass is 9.55. The molecule has 202 valence electrons.